The van der Waals surface area contributed by atoms with Gasteiger partial charge in [0.1, 0.15) is 6.61 Å². The molecule has 0 unspecified atom stereocenters. The van der Waals surface area contributed by atoms with Gasteiger partial charge in [0.2, 0.25) is 0 Å². The maximum atomic E-state index is 11.6. The zero-order chi connectivity index (χ0) is 13.9. The standard InChI is InChI=1S/C14H18N2O3S/c17-14-16(6-7-19-14)13-3-1-2-12(10-13)15-11-4-8-20(18)9-5-11/h1-3,10-11,15H,4-9H2. The Balaban J connectivity index is 1.68. The van der Waals surface area contributed by atoms with E-state index in [4.69, 9.17) is 4.74 Å². The summed E-state index contributed by atoms with van der Waals surface area (Å²) in [7, 11) is -0.639. The molecule has 2 aliphatic rings. The van der Waals surface area contributed by atoms with Crippen molar-refractivity contribution in [1.29, 1.82) is 0 Å². The van der Waals surface area contributed by atoms with Crippen molar-refractivity contribution in [2.75, 3.05) is 34.9 Å². The zero-order valence-electron chi connectivity index (χ0n) is 11.2. The fourth-order valence-corrected chi connectivity index (χ4v) is 3.86. The Labute approximate surface area is 120 Å². The highest BCUT2D eigenvalue weighted by molar-refractivity contribution is 7.85. The molecule has 0 aliphatic carbocycles. The number of nitrogens with one attached hydrogen (secondary N) is 1. The van der Waals surface area contributed by atoms with E-state index in [0.717, 1.165) is 35.7 Å². The molecule has 2 saturated heterocycles. The van der Waals surface area contributed by atoms with Crippen LogP contribution in [0.1, 0.15) is 12.8 Å². The Morgan fingerprint density at radius 1 is 1.30 bits per heavy atom. The second-order valence-corrected chi connectivity index (χ2v) is 6.78. The molecule has 5 nitrogen and oxygen atoms in total. The van der Waals surface area contributed by atoms with E-state index in [1.807, 2.05) is 24.3 Å². The predicted octanol–water partition coefficient (Wildman–Crippen LogP) is 1.97. The second-order valence-electron chi connectivity index (χ2n) is 5.08. The van der Waals surface area contributed by atoms with Gasteiger partial charge in [0.05, 0.1) is 6.54 Å². The first-order valence-electron chi connectivity index (χ1n) is 6.88. The van der Waals surface area contributed by atoms with E-state index in [-0.39, 0.29) is 6.09 Å². The average Bonchev–Trinajstić information content (AvgIpc) is 2.88. The van der Waals surface area contributed by atoms with Gasteiger partial charge >= 0.3 is 6.09 Å². The van der Waals surface area contributed by atoms with Crippen LogP contribution in [0.25, 0.3) is 0 Å². The molecule has 1 aromatic rings. The van der Waals surface area contributed by atoms with Crippen molar-refractivity contribution in [1.82, 2.24) is 0 Å². The molecule has 20 heavy (non-hydrogen) atoms. The predicted molar refractivity (Wildman–Crippen MR) is 79.7 cm³/mol. The van der Waals surface area contributed by atoms with E-state index in [2.05, 4.69) is 5.32 Å². The Morgan fingerprint density at radius 3 is 2.80 bits per heavy atom. The molecular formula is C14H18N2O3S. The van der Waals surface area contributed by atoms with E-state index in [9.17, 15) is 9.00 Å². The van der Waals surface area contributed by atoms with Gasteiger partial charge in [-0.2, -0.15) is 0 Å². The van der Waals surface area contributed by atoms with Gasteiger partial charge in [-0.1, -0.05) is 6.07 Å². The Bertz CT molecular complexity index is 525. The number of ether oxygens (including phenoxy) is 1. The third-order valence-corrected chi connectivity index (χ3v) is 5.06. The molecule has 0 radical (unpaired) electrons. The van der Waals surface area contributed by atoms with Gasteiger partial charge in [0, 0.05) is 39.7 Å². The van der Waals surface area contributed by atoms with Gasteiger partial charge in [0.15, 0.2) is 0 Å². The van der Waals surface area contributed by atoms with Gasteiger partial charge in [0.25, 0.3) is 0 Å². The second kappa shape index (κ2) is 5.83. The van der Waals surface area contributed by atoms with Crippen molar-refractivity contribution in [2.24, 2.45) is 0 Å². The largest absolute Gasteiger partial charge is 0.447 e. The topological polar surface area (TPSA) is 58.6 Å². The quantitative estimate of drug-likeness (QED) is 0.926. The summed E-state index contributed by atoms with van der Waals surface area (Å²) < 4.78 is 16.3. The highest BCUT2D eigenvalue weighted by atomic mass is 32.2. The first-order chi connectivity index (χ1) is 9.72. The number of hydrogen-bond donors (Lipinski definition) is 1. The number of carbonyl (C=O) groups is 1. The molecule has 3 rings (SSSR count). The van der Waals surface area contributed by atoms with Crippen molar-refractivity contribution >= 4 is 28.3 Å². The van der Waals surface area contributed by atoms with Crippen LogP contribution in [0, 0.1) is 0 Å². The number of anilines is 2. The van der Waals surface area contributed by atoms with Crippen LogP contribution in [0.15, 0.2) is 24.3 Å². The molecule has 2 fully saturated rings. The SMILES string of the molecule is O=C1OCCN1c1cccc(NC2CCS(=O)CC2)c1. The van der Waals surface area contributed by atoms with Crippen LogP contribution in [0.2, 0.25) is 0 Å². The average molecular weight is 294 g/mol. The molecule has 0 aromatic heterocycles. The zero-order valence-corrected chi connectivity index (χ0v) is 12.0. The first kappa shape index (κ1) is 13.4. The maximum absolute atomic E-state index is 11.6. The molecule has 6 heteroatoms. The number of hydrogen-bond acceptors (Lipinski definition) is 4. The Morgan fingerprint density at radius 2 is 2.10 bits per heavy atom. The van der Waals surface area contributed by atoms with Crippen LogP contribution in [-0.4, -0.2) is 41.0 Å². The maximum Gasteiger partial charge on any atom is 0.414 e. The summed E-state index contributed by atoms with van der Waals surface area (Å²) >= 11 is 0. The monoisotopic (exact) mass is 294 g/mol. The van der Waals surface area contributed by atoms with E-state index >= 15 is 0 Å². The van der Waals surface area contributed by atoms with Crippen molar-refractivity contribution in [2.45, 2.75) is 18.9 Å². The summed E-state index contributed by atoms with van der Waals surface area (Å²) in [5.41, 5.74) is 1.86. The number of amides is 1. The summed E-state index contributed by atoms with van der Waals surface area (Å²) in [5, 5.41) is 3.47. The van der Waals surface area contributed by atoms with Crippen molar-refractivity contribution in [3.63, 3.8) is 0 Å². The summed E-state index contributed by atoms with van der Waals surface area (Å²) in [6, 6.07) is 8.18. The van der Waals surface area contributed by atoms with Crippen molar-refractivity contribution < 1.29 is 13.7 Å². The van der Waals surface area contributed by atoms with Gasteiger partial charge in [-0.15, -0.1) is 0 Å². The van der Waals surface area contributed by atoms with Crippen LogP contribution in [0.5, 0.6) is 0 Å². The normalized spacial score (nSPS) is 26.4. The lowest BCUT2D eigenvalue weighted by Gasteiger charge is -2.24. The minimum absolute atomic E-state index is 0.282. The van der Waals surface area contributed by atoms with Crippen LogP contribution < -0.4 is 10.2 Å². The fraction of sp³-hybridized carbons (Fsp3) is 0.500. The minimum atomic E-state index is -0.639. The molecule has 0 spiro atoms. The van der Waals surface area contributed by atoms with Crippen LogP contribution in [0.3, 0.4) is 0 Å². The van der Waals surface area contributed by atoms with Gasteiger partial charge in [-0.05, 0) is 31.0 Å². The molecular weight excluding hydrogens is 276 g/mol. The molecule has 1 amide bonds. The molecule has 0 atom stereocenters. The van der Waals surface area contributed by atoms with Crippen LogP contribution >= 0.6 is 0 Å². The molecule has 0 saturated carbocycles. The van der Waals surface area contributed by atoms with Gasteiger partial charge in [-0.3, -0.25) is 9.11 Å². The number of cyclic esters (lactones) is 1. The molecule has 108 valence electrons. The Hall–Kier alpha value is -1.56. The lowest BCUT2D eigenvalue weighted by molar-refractivity contribution is 0.181. The van der Waals surface area contributed by atoms with E-state index in [0.29, 0.717) is 19.2 Å². The summed E-state index contributed by atoms with van der Waals surface area (Å²) in [6.07, 6.45) is 1.58. The van der Waals surface area contributed by atoms with Crippen molar-refractivity contribution in [3.05, 3.63) is 24.3 Å². The third-order valence-electron chi connectivity index (χ3n) is 3.68. The fourth-order valence-electron chi connectivity index (χ4n) is 2.57. The summed E-state index contributed by atoms with van der Waals surface area (Å²) in [6.45, 7) is 1.05. The molecule has 1 aromatic carbocycles. The molecule has 2 aliphatic heterocycles. The highest BCUT2D eigenvalue weighted by Crippen LogP contribution is 2.24. The van der Waals surface area contributed by atoms with E-state index in [1.165, 1.54) is 0 Å². The van der Waals surface area contributed by atoms with Crippen LogP contribution in [-0.2, 0) is 15.5 Å². The molecule has 1 N–H and O–H groups in total. The number of benzene rings is 1. The van der Waals surface area contributed by atoms with Crippen LogP contribution in [0.4, 0.5) is 16.2 Å². The number of rotatable bonds is 3. The smallest absolute Gasteiger partial charge is 0.414 e. The third kappa shape index (κ3) is 2.95. The first-order valence-corrected chi connectivity index (χ1v) is 8.37. The molecule has 2 heterocycles. The lowest BCUT2D eigenvalue weighted by Crippen LogP contribution is -2.29. The van der Waals surface area contributed by atoms with Crippen molar-refractivity contribution in [3.8, 4) is 0 Å². The van der Waals surface area contributed by atoms with E-state index in [1.54, 1.807) is 4.90 Å². The van der Waals surface area contributed by atoms with E-state index < -0.39 is 10.8 Å². The number of carbonyl (C=O) groups excluding carboxylic acids is 1. The summed E-state index contributed by atoms with van der Waals surface area (Å²) in [5.74, 6) is 1.55. The minimum Gasteiger partial charge on any atom is -0.447 e. The van der Waals surface area contributed by atoms with Gasteiger partial charge < -0.3 is 10.1 Å². The summed E-state index contributed by atoms with van der Waals surface area (Å²) in [4.78, 5) is 13.2. The van der Waals surface area contributed by atoms with Gasteiger partial charge in [-0.25, -0.2) is 4.79 Å². The molecule has 0 bridgehead atoms. The lowest BCUT2D eigenvalue weighted by atomic mass is 10.1. The Kier molecular flexibility index (Phi) is 3.91. The highest BCUT2D eigenvalue weighted by Gasteiger charge is 2.24. The number of nitrogens with zero attached hydrogens (tertiary/aromatic N) is 1.